The van der Waals surface area contributed by atoms with Gasteiger partial charge in [-0.05, 0) is 24.1 Å². The molecule has 6 nitrogen and oxygen atoms in total. The van der Waals surface area contributed by atoms with Gasteiger partial charge in [0.15, 0.2) is 0 Å². The molecule has 0 atom stereocenters. The molecule has 0 aliphatic heterocycles. The number of benzene rings is 1. The maximum Gasteiger partial charge on any atom is 0.305 e. The lowest BCUT2D eigenvalue weighted by molar-refractivity contribution is -0.137. The summed E-state index contributed by atoms with van der Waals surface area (Å²) in [7, 11) is 1.59. The summed E-state index contributed by atoms with van der Waals surface area (Å²) in [5, 5.41) is 13.7. The fraction of sp³-hybridized carbons (Fsp3) is 0.353. The molecular formula is C17H20ClN3O3. The van der Waals surface area contributed by atoms with E-state index in [1.54, 1.807) is 23.9 Å². The van der Waals surface area contributed by atoms with E-state index in [9.17, 15) is 9.59 Å². The van der Waals surface area contributed by atoms with Gasteiger partial charge in [-0.2, -0.15) is 5.10 Å². The topological polar surface area (TPSA) is 75.4 Å². The van der Waals surface area contributed by atoms with Gasteiger partial charge in [0.25, 0.3) is 5.91 Å². The Balaban J connectivity index is 2.38. The van der Waals surface area contributed by atoms with Crippen LogP contribution < -0.4 is 0 Å². The molecule has 1 heterocycles. The number of amides is 1. The summed E-state index contributed by atoms with van der Waals surface area (Å²) < 4.78 is 1.70. The predicted molar refractivity (Wildman–Crippen MR) is 91.9 cm³/mol. The average molecular weight is 350 g/mol. The summed E-state index contributed by atoms with van der Waals surface area (Å²) >= 11 is 6.05. The lowest BCUT2D eigenvalue weighted by Gasteiger charge is -2.18. The number of hydrogen-bond acceptors (Lipinski definition) is 3. The first-order chi connectivity index (χ1) is 11.3. The first kappa shape index (κ1) is 18.0. The zero-order chi connectivity index (χ0) is 17.9. The number of carbonyl (C=O) groups excluding carboxylic acids is 1. The zero-order valence-corrected chi connectivity index (χ0v) is 14.6. The van der Waals surface area contributed by atoms with E-state index in [-0.39, 0.29) is 24.8 Å². The van der Waals surface area contributed by atoms with Crippen molar-refractivity contribution in [1.82, 2.24) is 14.7 Å². The summed E-state index contributed by atoms with van der Waals surface area (Å²) in [6.07, 6.45) is 1.43. The molecule has 7 heteroatoms. The lowest BCUT2D eigenvalue weighted by atomic mass is 10.0. The molecule has 1 N–H and O–H groups in total. The van der Waals surface area contributed by atoms with Crippen LogP contribution in [0.15, 0.2) is 30.5 Å². The van der Waals surface area contributed by atoms with Crippen LogP contribution >= 0.6 is 11.6 Å². The number of hydrogen-bond donors (Lipinski definition) is 1. The van der Waals surface area contributed by atoms with Crippen LogP contribution in [0.2, 0.25) is 5.02 Å². The molecule has 0 unspecified atom stereocenters. The van der Waals surface area contributed by atoms with E-state index in [1.807, 2.05) is 26.0 Å². The van der Waals surface area contributed by atoms with Gasteiger partial charge in [-0.3, -0.25) is 9.59 Å². The number of carboxylic acids is 1. The number of carboxylic acid groups (broad SMARTS) is 1. The van der Waals surface area contributed by atoms with Gasteiger partial charge in [0.05, 0.1) is 29.6 Å². The van der Waals surface area contributed by atoms with Crippen LogP contribution in [0.5, 0.6) is 0 Å². The van der Waals surface area contributed by atoms with E-state index in [1.165, 1.54) is 11.1 Å². The summed E-state index contributed by atoms with van der Waals surface area (Å²) in [6, 6.07) is 7.25. The highest BCUT2D eigenvalue weighted by Crippen LogP contribution is 2.25. The van der Waals surface area contributed by atoms with Gasteiger partial charge < -0.3 is 10.0 Å². The molecule has 0 saturated heterocycles. The Morgan fingerprint density at radius 3 is 2.67 bits per heavy atom. The van der Waals surface area contributed by atoms with Gasteiger partial charge >= 0.3 is 5.97 Å². The maximum absolute atomic E-state index is 12.6. The minimum absolute atomic E-state index is 0.0540. The lowest BCUT2D eigenvalue weighted by Crippen LogP contribution is -2.29. The SMILES string of the molecule is CC(C)c1c(C(=O)N(C)CCC(=O)O)cnn1-c1cccc(Cl)c1. The van der Waals surface area contributed by atoms with Crippen LogP contribution in [0.3, 0.4) is 0 Å². The number of nitrogens with zero attached hydrogens (tertiary/aromatic N) is 3. The number of halogens is 1. The minimum Gasteiger partial charge on any atom is -0.481 e. The molecule has 0 bridgehead atoms. The zero-order valence-electron chi connectivity index (χ0n) is 13.9. The van der Waals surface area contributed by atoms with Crippen molar-refractivity contribution in [3.05, 3.63) is 46.7 Å². The minimum atomic E-state index is -0.937. The standard InChI is InChI=1S/C17H20ClN3O3/c1-11(2)16-14(17(24)20(3)8-7-15(22)23)10-19-21(16)13-6-4-5-12(18)9-13/h4-6,9-11H,7-8H2,1-3H3,(H,22,23). The largest absolute Gasteiger partial charge is 0.481 e. The molecule has 1 aromatic carbocycles. The van der Waals surface area contributed by atoms with Gasteiger partial charge in [-0.1, -0.05) is 31.5 Å². The normalized spacial score (nSPS) is 10.9. The molecule has 0 radical (unpaired) electrons. The van der Waals surface area contributed by atoms with Crippen LogP contribution in [-0.2, 0) is 4.79 Å². The van der Waals surface area contributed by atoms with Crippen molar-refractivity contribution in [3.8, 4) is 5.69 Å². The smallest absolute Gasteiger partial charge is 0.305 e. The fourth-order valence-electron chi connectivity index (χ4n) is 2.46. The van der Waals surface area contributed by atoms with E-state index in [0.717, 1.165) is 11.4 Å². The van der Waals surface area contributed by atoms with Crippen molar-refractivity contribution in [1.29, 1.82) is 0 Å². The number of carbonyl (C=O) groups is 2. The molecular weight excluding hydrogens is 330 g/mol. The van der Waals surface area contributed by atoms with Gasteiger partial charge in [0.2, 0.25) is 0 Å². The van der Waals surface area contributed by atoms with E-state index in [0.29, 0.717) is 10.6 Å². The molecule has 0 fully saturated rings. The van der Waals surface area contributed by atoms with Crippen molar-refractivity contribution in [2.75, 3.05) is 13.6 Å². The third-order valence-corrected chi connectivity index (χ3v) is 3.88. The van der Waals surface area contributed by atoms with Crippen LogP contribution in [0.25, 0.3) is 5.69 Å². The third kappa shape index (κ3) is 3.94. The number of aromatic nitrogens is 2. The van der Waals surface area contributed by atoms with Crippen LogP contribution in [0.1, 0.15) is 42.2 Å². The second kappa shape index (κ2) is 7.49. The first-order valence-corrected chi connectivity index (χ1v) is 8.00. The highest BCUT2D eigenvalue weighted by molar-refractivity contribution is 6.30. The Bertz CT molecular complexity index is 755. The van der Waals surface area contributed by atoms with Gasteiger partial charge in [0.1, 0.15) is 0 Å². The van der Waals surface area contributed by atoms with Crippen molar-refractivity contribution < 1.29 is 14.7 Å². The molecule has 128 valence electrons. The average Bonchev–Trinajstić information content (AvgIpc) is 2.96. The molecule has 2 aromatic rings. The van der Waals surface area contributed by atoms with E-state index >= 15 is 0 Å². The van der Waals surface area contributed by atoms with Crippen molar-refractivity contribution in [3.63, 3.8) is 0 Å². The maximum atomic E-state index is 12.6. The van der Waals surface area contributed by atoms with Crippen molar-refractivity contribution >= 4 is 23.5 Å². The number of aliphatic carboxylic acids is 1. The summed E-state index contributed by atoms with van der Waals surface area (Å²) in [5.74, 6) is -1.13. The molecule has 1 amide bonds. The van der Waals surface area contributed by atoms with E-state index in [2.05, 4.69) is 5.10 Å². The molecule has 0 saturated carbocycles. The Hall–Kier alpha value is -2.34. The monoisotopic (exact) mass is 349 g/mol. The molecule has 0 aliphatic rings. The van der Waals surface area contributed by atoms with E-state index in [4.69, 9.17) is 16.7 Å². The molecule has 0 spiro atoms. The molecule has 2 rings (SSSR count). The highest BCUT2D eigenvalue weighted by Gasteiger charge is 2.23. The van der Waals surface area contributed by atoms with Crippen molar-refractivity contribution in [2.45, 2.75) is 26.2 Å². The summed E-state index contributed by atoms with van der Waals surface area (Å²) in [4.78, 5) is 24.7. The Kier molecular flexibility index (Phi) is 5.62. The van der Waals surface area contributed by atoms with Crippen LogP contribution in [0.4, 0.5) is 0 Å². The Morgan fingerprint density at radius 2 is 2.08 bits per heavy atom. The van der Waals surface area contributed by atoms with Gasteiger partial charge in [-0.15, -0.1) is 0 Å². The van der Waals surface area contributed by atoms with Crippen molar-refractivity contribution in [2.24, 2.45) is 0 Å². The number of rotatable bonds is 6. The highest BCUT2D eigenvalue weighted by atomic mass is 35.5. The predicted octanol–water partition coefficient (Wildman–Crippen LogP) is 3.20. The van der Waals surface area contributed by atoms with Gasteiger partial charge in [-0.25, -0.2) is 4.68 Å². The fourth-order valence-corrected chi connectivity index (χ4v) is 2.65. The van der Waals surface area contributed by atoms with Crippen LogP contribution in [0, 0.1) is 0 Å². The van der Waals surface area contributed by atoms with E-state index < -0.39 is 5.97 Å². The third-order valence-electron chi connectivity index (χ3n) is 3.64. The second-order valence-electron chi connectivity index (χ2n) is 5.86. The van der Waals surface area contributed by atoms with Gasteiger partial charge in [0, 0.05) is 18.6 Å². The second-order valence-corrected chi connectivity index (χ2v) is 6.30. The summed E-state index contributed by atoms with van der Waals surface area (Å²) in [5.41, 5.74) is 2.01. The first-order valence-electron chi connectivity index (χ1n) is 7.62. The molecule has 24 heavy (non-hydrogen) atoms. The quantitative estimate of drug-likeness (QED) is 0.869. The Morgan fingerprint density at radius 1 is 1.38 bits per heavy atom. The molecule has 1 aromatic heterocycles. The van der Waals surface area contributed by atoms with Crippen LogP contribution in [-0.4, -0.2) is 45.3 Å². The molecule has 0 aliphatic carbocycles. The Labute approximate surface area is 145 Å². The summed E-state index contributed by atoms with van der Waals surface area (Å²) in [6.45, 7) is 4.10.